The van der Waals surface area contributed by atoms with Crippen LogP contribution in [-0.2, 0) is 0 Å². The number of amides is 1. The molecule has 1 aromatic heterocycles. The number of anilines is 1. The van der Waals surface area contributed by atoms with Crippen molar-refractivity contribution in [3.8, 4) is 11.5 Å². The standard InChI is InChI=1S/C12H9BrN2O3S/c13-7-3-10-11(18-2-1-17-10)4-8(7)15-12(16)9-5-19-6-14-9/h3-6H,1-2H2,(H,15,16). The van der Waals surface area contributed by atoms with Gasteiger partial charge >= 0.3 is 0 Å². The van der Waals surface area contributed by atoms with E-state index in [1.54, 1.807) is 23.0 Å². The molecule has 0 saturated carbocycles. The SMILES string of the molecule is O=C(Nc1cc2c(cc1Br)OCCO2)c1cscn1. The molecule has 2 aromatic rings. The molecule has 1 aromatic carbocycles. The number of hydrogen-bond acceptors (Lipinski definition) is 5. The zero-order chi connectivity index (χ0) is 13.2. The summed E-state index contributed by atoms with van der Waals surface area (Å²) in [5, 5.41) is 4.48. The van der Waals surface area contributed by atoms with Crippen LogP contribution in [-0.4, -0.2) is 24.1 Å². The predicted molar refractivity (Wildman–Crippen MR) is 75.2 cm³/mol. The molecule has 0 bridgehead atoms. The van der Waals surface area contributed by atoms with E-state index in [9.17, 15) is 4.79 Å². The molecule has 0 atom stereocenters. The van der Waals surface area contributed by atoms with E-state index >= 15 is 0 Å². The number of nitrogens with one attached hydrogen (secondary N) is 1. The molecular weight excluding hydrogens is 332 g/mol. The Hall–Kier alpha value is -1.60. The number of nitrogens with zero attached hydrogens (tertiary/aromatic N) is 1. The highest BCUT2D eigenvalue weighted by Gasteiger charge is 2.17. The van der Waals surface area contributed by atoms with Crippen LogP contribution in [0.2, 0.25) is 0 Å². The van der Waals surface area contributed by atoms with Gasteiger partial charge in [-0.2, -0.15) is 0 Å². The van der Waals surface area contributed by atoms with Crippen LogP contribution in [0.4, 0.5) is 5.69 Å². The lowest BCUT2D eigenvalue weighted by Crippen LogP contribution is -2.17. The maximum atomic E-state index is 11.9. The predicted octanol–water partition coefficient (Wildman–Crippen LogP) is 2.93. The van der Waals surface area contributed by atoms with Crippen LogP contribution in [0.3, 0.4) is 0 Å². The lowest BCUT2D eigenvalue weighted by atomic mass is 10.2. The average Bonchev–Trinajstić information content (AvgIpc) is 2.93. The van der Waals surface area contributed by atoms with Gasteiger partial charge in [0.25, 0.3) is 5.91 Å². The molecule has 5 nitrogen and oxygen atoms in total. The van der Waals surface area contributed by atoms with Crippen LogP contribution in [0, 0.1) is 0 Å². The molecule has 0 aliphatic carbocycles. The Kier molecular flexibility index (Phi) is 3.39. The molecule has 1 aliphatic rings. The summed E-state index contributed by atoms with van der Waals surface area (Å²) in [6.45, 7) is 1.04. The molecule has 0 radical (unpaired) electrons. The fraction of sp³-hybridized carbons (Fsp3) is 0.167. The van der Waals surface area contributed by atoms with Gasteiger partial charge in [0.1, 0.15) is 18.9 Å². The van der Waals surface area contributed by atoms with Crippen molar-refractivity contribution >= 4 is 38.9 Å². The number of rotatable bonds is 2. The van der Waals surface area contributed by atoms with Crippen molar-refractivity contribution in [1.29, 1.82) is 0 Å². The highest BCUT2D eigenvalue weighted by Crippen LogP contribution is 2.38. The number of ether oxygens (including phenoxy) is 2. The third-order valence-corrected chi connectivity index (χ3v) is 3.79. The van der Waals surface area contributed by atoms with Gasteiger partial charge in [-0.15, -0.1) is 11.3 Å². The molecular formula is C12H9BrN2O3S. The van der Waals surface area contributed by atoms with Gasteiger partial charge in [-0.25, -0.2) is 4.98 Å². The molecule has 98 valence electrons. The van der Waals surface area contributed by atoms with E-state index in [1.807, 2.05) is 0 Å². The summed E-state index contributed by atoms with van der Waals surface area (Å²) in [6.07, 6.45) is 0. The normalized spacial score (nSPS) is 13.1. The fourth-order valence-electron chi connectivity index (χ4n) is 1.67. The number of fused-ring (bicyclic) bond motifs is 1. The Morgan fingerprint density at radius 2 is 2.05 bits per heavy atom. The maximum absolute atomic E-state index is 11.9. The van der Waals surface area contributed by atoms with Crippen molar-refractivity contribution in [2.45, 2.75) is 0 Å². The lowest BCUT2D eigenvalue weighted by Gasteiger charge is -2.20. The van der Waals surface area contributed by atoms with Crippen molar-refractivity contribution in [2.24, 2.45) is 0 Å². The third kappa shape index (κ3) is 2.57. The second-order valence-corrected chi connectivity index (χ2v) is 5.38. The number of benzene rings is 1. The van der Waals surface area contributed by atoms with Crippen molar-refractivity contribution in [3.63, 3.8) is 0 Å². The minimum atomic E-state index is -0.251. The quantitative estimate of drug-likeness (QED) is 0.912. The number of carbonyl (C=O) groups is 1. The first-order valence-electron chi connectivity index (χ1n) is 5.53. The van der Waals surface area contributed by atoms with Crippen molar-refractivity contribution in [3.05, 3.63) is 33.2 Å². The number of halogens is 1. The van der Waals surface area contributed by atoms with Gasteiger partial charge < -0.3 is 14.8 Å². The molecule has 0 fully saturated rings. The Morgan fingerprint density at radius 1 is 1.32 bits per heavy atom. The third-order valence-electron chi connectivity index (χ3n) is 2.55. The van der Waals surface area contributed by atoms with Gasteiger partial charge in [-0.05, 0) is 15.9 Å². The zero-order valence-corrected chi connectivity index (χ0v) is 12.1. The van der Waals surface area contributed by atoms with E-state index in [0.29, 0.717) is 36.1 Å². The van der Waals surface area contributed by atoms with Crippen LogP contribution in [0.1, 0.15) is 10.5 Å². The first-order valence-corrected chi connectivity index (χ1v) is 7.26. The van der Waals surface area contributed by atoms with Crippen LogP contribution in [0.5, 0.6) is 11.5 Å². The number of hydrogen-bond donors (Lipinski definition) is 1. The van der Waals surface area contributed by atoms with Gasteiger partial charge in [0.15, 0.2) is 11.5 Å². The van der Waals surface area contributed by atoms with Crippen molar-refractivity contribution in [2.75, 3.05) is 18.5 Å². The Labute approximate surface area is 121 Å². The van der Waals surface area contributed by atoms with Gasteiger partial charge in [-0.3, -0.25) is 4.79 Å². The summed E-state index contributed by atoms with van der Waals surface area (Å²) < 4.78 is 11.7. The molecule has 1 aliphatic heterocycles. The maximum Gasteiger partial charge on any atom is 0.275 e. The summed E-state index contributed by atoms with van der Waals surface area (Å²) >= 11 is 4.78. The van der Waals surface area contributed by atoms with E-state index in [0.717, 1.165) is 4.47 Å². The minimum absolute atomic E-state index is 0.251. The van der Waals surface area contributed by atoms with Crippen LogP contribution in [0.15, 0.2) is 27.5 Å². The van der Waals surface area contributed by atoms with E-state index in [1.165, 1.54) is 11.3 Å². The molecule has 2 heterocycles. The molecule has 0 unspecified atom stereocenters. The smallest absolute Gasteiger partial charge is 0.275 e. The largest absolute Gasteiger partial charge is 0.486 e. The summed E-state index contributed by atoms with van der Waals surface area (Å²) in [5.41, 5.74) is 2.64. The van der Waals surface area contributed by atoms with E-state index in [4.69, 9.17) is 9.47 Å². The van der Waals surface area contributed by atoms with Crippen LogP contribution >= 0.6 is 27.3 Å². The molecule has 7 heteroatoms. The molecule has 1 amide bonds. The average molecular weight is 341 g/mol. The summed E-state index contributed by atoms with van der Waals surface area (Å²) in [7, 11) is 0. The van der Waals surface area contributed by atoms with E-state index in [2.05, 4.69) is 26.2 Å². The van der Waals surface area contributed by atoms with Gasteiger partial charge in [0.2, 0.25) is 0 Å². The van der Waals surface area contributed by atoms with Crippen LogP contribution in [0.25, 0.3) is 0 Å². The summed E-state index contributed by atoms with van der Waals surface area (Å²) in [4.78, 5) is 15.9. The molecule has 1 N–H and O–H groups in total. The van der Waals surface area contributed by atoms with Crippen molar-refractivity contribution in [1.82, 2.24) is 4.98 Å². The van der Waals surface area contributed by atoms with Crippen LogP contribution < -0.4 is 14.8 Å². The summed E-state index contributed by atoms with van der Waals surface area (Å²) in [6, 6.07) is 3.52. The van der Waals surface area contributed by atoms with Gasteiger partial charge in [-0.1, -0.05) is 0 Å². The lowest BCUT2D eigenvalue weighted by molar-refractivity contribution is 0.102. The summed E-state index contributed by atoms with van der Waals surface area (Å²) in [5.74, 6) is 1.05. The second-order valence-electron chi connectivity index (χ2n) is 3.80. The fourth-order valence-corrected chi connectivity index (χ4v) is 2.62. The van der Waals surface area contributed by atoms with Gasteiger partial charge in [0, 0.05) is 22.0 Å². The molecule has 3 rings (SSSR count). The highest BCUT2D eigenvalue weighted by molar-refractivity contribution is 9.10. The van der Waals surface area contributed by atoms with Gasteiger partial charge in [0.05, 0.1) is 11.2 Å². The molecule has 0 saturated heterocycles. The topological polar surface area (TPSA) is 60.5 Å². The number of aromatic nitrogens is 1. The Morgan fingerprint density at radius 3 is 2.74 bits per heavy atom. The molecule has 0 spiro atoms. The number of thiazole rings is 1. The highest BCUT2D eigenvalue weighted by atomic mass is 79.9. The monoisotopic (exact) mass is 340 g/mol. The minimum Gasteiger partial charge on any atom is -0.486 e. The van der Waals surface area contributed by atoms with Crippen molar-refractivity contribution < 1.29 is 14.3 Å². The zero-order valence-electron chi connectivity index (χ0n) is 9.68. The molecule has 19 heavy (non-hydrogen) atoms. The Bertz CT molecular complexity index is 616. The first-order chi connectivity index (χ1) is 9.24. The second kappa shape index (κ2) is 5.18. The first kappa shape index (κ1) is 12.4. The van der Waals surface area contributed by atoms with E-state index < -0.39 is 0 Å². The van der Waals surface area contributed by atoms with E-state index in [-0.39, 0.29) is 5.91 Å². The Balaban J connectivity index is 1.87. The number of carbonyl (C=O) groups excluding carboxylic acids is 1.